The first-order valence-electron chi connectivity index (χ1n) is 3.89. The number of hydrogen-bond donors (Lipinski definition) is 2. The van der Waals surface area contributed by atoms with Crippen molar-refractivity contribution in [2.24, 2.45) is 10.7 Å². The first-order chi connectivity index (χ1) is 6.65. The molecule has 0 aliphatic carbocycles. The van der Waals surface area contributed by atoms with E-state index in [0.717, 1.165) is 0 Å². The van der Waals surface area contributed by atoms with Crippen molar-refractivity contribution in [3.63, 3.8) is 0 Å². The third-order valence-corrected chi connectivity index (χ3v) is 1.66. The number of nitrogens with zero attached hydrogens (tertiary/aromatic N) is 2. The van der Waals surface area contributed by atoms with Crippen LogP contribution in [0.15, 0.2) is 23.2 Å². The zero-order chi connectivity index (χ0) is 10.6. The van der Waals surface area contributed by atoms with Crippen LogP contribution >= 0.6 is 0 Å². The van der Waals surface area contributed by atoms with E-state index in [1.165, 1.54) is 12.1 Å². The fourth-order valence-electron chi connectivity index (χ4n) is 0.932. The number of nitrogens with one attached hydrogen (secondary N) is 1. The van der Waals surface area contributed by atoms with Crippen molar-refractivity contribution in [2.45, 2.75) is 6.92 Å². The topological polar surface area (TPSA) is 74.2 Å². The van der Waals surface area contributed by atoms with Gasteiger partial charge in [0.05, 0.1) is 5.69 Å². The number of halogens is 1. The van der Waals surface area contributed by atoms with Crippen molar-refractivity contribution < 1.29 is 4.39 Å². The van der Waals surface area contributed by atoms with Gasteiger partial charge in [-0.2, -0.15) is 5.26 Å². The number of nitrogens with two attached hydrogens (primary N) is 1. The summed E-state index contributed by atoms with van der Waals surface area (Å²) in [6.07, 6.45) is 1.62. The predicted molar refractivity (Wildman–Crippen MR) is 51.2 cm³/mol. The first-order valence-corrected chi connectivity index (χ1v) is 3.89. The normalized spacial score (nSPS) is 10.8. The van der Waals surface area contributed by atoms with E-state index in [-0.39, 0.29) is 11.8 Å². The van der Waals surface area contributed by atoms with Crippen molar-refractivity contribution in [3.05, 3.63) is 29.6 Å². The predicted octanol–water partition coefficient (Wildman–Crippen LogP) is 1.15. The van der Waals surface area contributed by atoms with Gasteiger partial charge in [-0.1, -0.05) is 6.07 Å². The van der Waals surface area contributed by atoms with Crippen LogP contribution in [0.3, 0.4) is 0 Å². The summed E-state index contributed by atoms with van der Waals surface area (Å²) in [5, 5.41) is 10.4. The first kappa shape index (κ1) is 9.99. The van der Waals surface area contributed by atoms with Gasteiger partial charge in [-0.15, -0.1) is 0 Å². The Balaban J connectivity index is 3.04. The molecule has 0 bridgehead atoms. The number of aliphatic imine (C=N–C) groups is 1. The van der Waals surface area contributed by atoms with E-state index in [9.17, 15) is 4.39 Å². The van der Waals surface area contributed by atoms with Gasteiger partial charge in [0.1, 0.15) is 5.82 Å². The van der Waals surface area contributed by atoms with Gasteiger partial charge in [0.2, 0.25) is 5.96 Å². The zero-order valence-electron chi connectivity index (χ0n) is 7.58. The van der Waals surface area contributed by atoms with E-state index < -0.39 is 0 Å². The van der Waals surface area contributed by atoms with Gasteiger partial charge in [-0.05, 0) is 19.1 Å². The number of benzene rings is 1. The maximum atomic E-state index is 13.0. The molecule has 0 aromatic heterocycles. The van der Waals surface area contributed by atoms with Gasteiger partial charge in [0.25, 0.3) is 0 Å². The maximum Gasteiger partial charge on any atom is 0.207 e. The molecule has 0 heterocycles. The molecule has 0 radical (unpaired) electrons. The van der Waals surface area contributed by atoms with Crippen molar-refractivity contribution in [1.29, 1.82) is 5.26 Å². The second-order valence-electron chi connectivity index (χ2n) is 2.62. The Morgan fingerprint density at radius 2 is 2.36 bits per heavy atom. The molecule has 1 aromatic rings. The van der Waals surface area contributed by atoms with Gasteiger partial charge in [0, 0.05) is 5.56 Å². The van der Waals surface area contributed by atoms with E-state index in [1.807, 2.05) is 0 Å². The summed E-state index contributed by atoms with van der Waals surface area (Å²) >= 11 is 0. The highest BCUT2D eigenvalue weighted by atomic mass is 19.1. The monoisotopic (exact) mass is 192 g/mol. The molecule has 14 heavy (non-hydrogen) atoms. The average Bonchev–Trinajstić information content (AvgIpc) is 2.13. The number of guanidine groups is 1. The van der Waals surface area contributed by atoms with Gasteiger partial charge in [-0.25, -0.2) is 9.38 Å². The number of hydrogen-bond acceptors (Lipinski definition) is 2. The molecule has 0 atom stereocenters. The van der Waals surface area contributed by atoms with Gasteiger partial charge >= 0.3 is 0 Å². The van der Waals surface area contributed by atoms with Crippen LogP contribution in [0.2, 0.25) is 0 Å². The summed E-state index contributed by atoms with van der Waals surface area (Å²) in [7, 11) is 0. The molecule has 72 valence electrons. The van der Waals surface area contributed by atoms with Crippen LogP contribution in [-0.4, -0.2) is 5.96 Å². The van der Waals surface area contributed by atoms with Crippen molar-refractivity contribution in [3.8, 4) is 6.19 Å². The molecular weight excluding hydrogens is 183 g/mol. The molecule has 0 fully saturated rings. The lowest BCUT2D eigenvalue weighted by Gasteiger charge is -2.01. The molecule has 0 amide bonds. The SMILES string of the molecule is Cc1c(F)cccc1N=C(N)NC#N. The van der Waals surface area contributed by atoms with Crippen LogP contribution in [0.5, 0.6) is 0 Å². The Morgan fingerprint density at radius 1 is 1.64 bits per heavy atom. The summed E-state index contributed by atoms with van der Waals surface area (Å²) in [5.74, 6) is -0.405. The molecule has 0 spiro atoms. The lowest BCUT2D eigenvalue weighted by molar-refractivity contribution is 0.619. The highest BCUT2D eigenvalue weighted by molar-refractivity contribution is 5.82. The lowest BCUT2D eigenvalue weighted by Crippen LogP contribution is -2.26. The molecule has 1 rings (SSSR count). The summed E-state index contributed by atoms with van der Waals surface area (Å²) in [5.41, 5.74) is 6.14. The Morgan fingerprint density at radius 3 is 3.00 bits per heavy atom. The van der Waals surface area contributed by atoms with E-state index >= 15 is 0 Å². The van der Waals surface area contributed by atoms with Crippen LogP contribution < -0.4 is 11.1 Å². The van der Waals surface area contributed by atoms with Crippen LogP contribution in [0, 0.1) is 24.2 Å². The van der Waals surface area contributed by atoms with Crippen LogP contribution in [0.1, 0.15) is 5.56 Å². The fraction of sp³-hybridized carbons (Fsp3) is 0.111. The third-order valence-electron chi connectivity index (χ3n) is 1.66. The standard InChI is InChI=1S/C9H9FN4/c1-6-7(10)3-2-4-8(6)14-9(12)13-5-11/h2-4H,1H3,(H3,12,13,14). The summed E-state index contributed by atoms with van der Waals surface area (Å²) in [6, 6.07) is 4.48. The van der Waals surface area contributed by atoms with Crippen molar-refractivity contribution in [1.82, 2.24) is 5.32 Å². The van der Waals surface area contributed by atoms with Crippen LogP contribution in [-0.2, 0) is 0 Å². The number of nitriles is 1. The molecule has 0 unspecified atom stereocenters. The van der Waals surface area contributed by atoms with Crippen molar-refractivity contribution in [2.75, 3.05) is 0 Å². The van der Waals surface area contributed by atoms with E-state index in [0.29, 0.717) is 11.3 Å². The van der Waals surface area contributed by atoms with E-state index in [1.54, 1.807) is 19.2 Å². The highest BCUT2D eigenvalue weighted by Gasteiger charge is 2.02. The van der Waals surface area contributed by atoms with E-state index in [2.05, 4.69) is 10.3 Å². The molecule has 3 N–H and O–H groups in total. The molecule has 5 heteroatoms. The second-order valence-corrected chi connectivity index (χ2v) is 2.62. The molecule has 0 aliphatic rings. The van der Waals surface area contributed by atoms with Gasteiger partial charge < -0.3 is 5.73 Å². The summed E-state index contributed by atoms with van der Waals surface area (Å²) < 4.78 is 13.0. The van der Waals surface area contributed by atoms with Gasteiger partial charge in [-0.3, -0.25) is 5.32 Å². The smallest absolute Gasteiger partial charge is 0.207 e. The molecule has 0 saturated heterocycles. The Hall–Kier alpha value is -2.09. The summed E-state index contributed by atoms with van der Waals surface area (Å²) in [4.78, 5) is 3.83. The highest BCUT2D eigenvalue weighted by Crippen LogP contribution is 2.20. The maximum absolute atomic E-state index is 13.0. The van der Waals surface area contributed by atoms with Gasteiger partial charge in [0.15, 0.2) is 6.19 Å². The van der Waals surface area contributed by atoms with Crippen LogP contribution in [0.4, 0.5) is 10.1 Å². The minimum absolute atomic E-state index is 0.0544. The molecule has 0 aliphatic heterocycles. The molecular formula is C9H9FN4. The minimum Gasteiger partial charge on any atom is -0.369 e. The Labute approximate surface area is 80.9 Å². The Bertz CT molecular complexity index is 406. The fourth-order valence-corrected chi connectivity index (χ4v) is 0.932. The zero-order valence-corrected chi connectivity index (χ0v) is 7.58. The van der Waals surface area contributed by atoms with Crippen molar-refractivity contribution >= 4 is 11.6 Å². The largest absolute Gasteiger partial charge is 0.369 e. The molecule has 4 nitrogen and oxygen atoms in total. The summed E-state index contributed by atoms with van der Waals surface area (Å²) in [6.45, 7) is 1.59. The molecule has 0 saturated carbocycles. The van der Waals surface area contributed by atoms with Crippen LogP contribution in [0.25, 0.3) is 0 Å². The van der Waals surface area contributed by atoms with E-state index in [4.69, 9.17) is 11.0 Å². The lowest BCUT2D eigenvalue weighted by atomic mass is 10.2. The molecule has 1 aromatic carbocycles. The average molecular weight is 192 g/mol. The quantitative estimate of drug-likeness (QED) is 0.303. The minimum atomic E-state index is -0.351. The third kappa shape index (κ3) is 2.20. The second kappa shape index (κ2) is 4.23. The Kier molecular flexibility index (Phi) is 3.02. The number of rotatable bonds is 1.